The second kappa shape index (κ2) is 16.4. The molecular formula is C39H39N3O3S. The van der Waals surface area contributed by atoms with Crippen molar-refractivity contribution in [3.8, 4) is 22.8 Å². The van der Waals surface area contributed by atoms with Crippen molar-refractivity contribution in [3.05, 3.63) is 150 Å². The van der Waals surface area contributed by atoms with Gasteiger partial charge in [-0.3, -0.25) is 4.79 Å². The summed E-state index contributed by atoms with van der Waals surface area (Å²) in [7, 11) is 2.00. The predicted octanol–water partition coefficient (Wildman–Crippen LogP) is 8.85. The van der Waals surface area contributed by atoms with Crippen molar-refractivity contribution in [2.75, 3.05) is 19.8 Å². The fourth-order valence-corrected chi connectivity index (χ4v) is 5.36. The van der Waals surface area contributed by atoms with Gasteiger partial charge in [0.15, 0.2) is 10.9 Å². The maximum absolute atomic E-state index is 12.8. The van der Waals surface area contributed by atoms with Gasteiger partial charge in [0, 0.05) is 43.2 Å². The first kappa shape index (κ1) is 32.5. The summed E-state index contributed by atoms with van der Waals surface area (Å²) in [5.41, 5.74) is 6.10. The first-order valence-corrected chi connectivity index (χ1v) is 16.6. The Bertz CT molecular complexity index is 1720. The number of ether oxygens (including phenoxy) is 2. The number of hydrogen-bond donors (Lipinski definition) is 0. The zero-order valence-electron chi connectivity index (χ0n) is 26.5. The number of thioether (sulfide) groups is 1. The van der Waals surface area contributed by atoms with Crippen LogP contribution in [0.3, 0.4) is 0 Å². The van der Waals surface area contributed by atoms with Gasteiger partial charge >= 0.3 is 0 Å². The Morgan fingerprint density at radius 2 is 1.52 bits per heavy atom. The normalized spacial score (nSPS) is 11.7. The van der Waals surface area contributed by atoms with Crippen LogP contribution in [0.2, 0.25) is 0 Å². The van der Waals surface area contributed by atoms with Gasteiger partial charge in [0.25, 0.3) is 0 Å². The van der Waals surface area contributed by atoms with E-state index in [-0.39, 0.29) is 5.78 Å². The van der Waals surface area contributed by atoms with Gasteiger partial charge in [0.1, 0.15) is 24.7 Å². The highest BCUT2D eigenvalue weighted by atomic mass is 32.2. The third-order valence-electron chi connectivity index (χ3n) is 7.73. The van der Waals surface area contributed by atoms with Gasteiger partial charge in [-0.15, -0.1) is 0 Å². The minimum Gasteiger partial charge on any atom is -0.489 e. The number of benzene rings is 4. The molecule has 1 heterocycles. The fraction of sp³-hybridized carbons (Fsp3) is 0.205. The standard InChI is InChI=1S/C39H39N3O3S/c1-29(22-25-42(2)26-23-38(43)32-15-19-34(20-16-32)44-27-30-9-5-4-6-10-30)36-12-8-7-11-33(36)28-45-35-17-13-31(14-18-35)37-21-24-40-39(41-37)46-3/h4-21,23-24,26,29H,22,25,27-28H2,1-3H3/b26-23+/t29-/m1/s1. The molecule has 0 saturated carbocycles. The third kappa shape index (κ3) is 9.31. The van der Waals surface area contributed by atoms with Gasteiger partial charge in [0.05, 0.1) is 5.69 Å². The molecule has 0 saturated heterocycles. The summed E-state index contributed by atoms with van der Waals surface area (Å²) in [5, 5.41) is 0.756. The van der Waals surface area contributed by atoms with Crippen molar-refractivity contribution in [2.24, 2.45) is 0 Å². The molecule has 0 bridgehead atoms. The zero-order chi connectivity index (χ0) is 32.1. The molecule has 6 nitrogen and oxygen atoms in total. The first-order valence-electron chi connectivity index (χ1n) is 15.4. The molecule has 0 aliphatic carbocycles. The van der Waals surface area contributed by atoms with E-state index >= 15 is 0 Å². The summed E-state index contributed by atoms with van der Waals surface area (Å²) in [4.78, 5) is 23.7. The number of carbonyl (C=O) groups is 1. The molecule has 0 N–H and O–H groups in total. The van der Waals surface area contributed by atoms with E-state index in [9.17, 15) is 4.79 Å². The van der Waals surface area contributed by atoms with Crippen molar-refractivity contribution in [3.63, 3.8) is 0 Å². The number of hydrogen-bond acceptors (Lipinski definition) is 7. The quantitative estimate of drug-likeness (QED) is 0.0496. The number of carbonyl (C=O) groups excluding carboxylic acids is 1. The van der Waals surface area contributed by atoms with Crippen molar-refractivity contribution in [2.45, 2.75) is 37.6 Å². The lowest BCUT2D eigenvalue weighted by molar-refractivity contribution is 0.104. The van der Waals surface area contributed by atoms with Crippen LogP contribution >= 0.6 is 11.8 Å². The zero-order valence-corrected chi connectivity index (χ0v) is 27.3. The largest absolute Gasteiger partial charge is 0.489 e. The number of rotatable bonds is 15. The Labute approximate surface area is 276 Å². The molecule has 0 fully saturated rings. The molecule has 4 aromatic carbocycles. The van der Waals surface area contributed by atoms with Crippen molar-refractivity contribution in [1.82, 2.24) is 14.9 Å². The second-order valence-corrected chi connectivity index (χ2v) is 11.9. The Morgan fingerprint density at radius 1 is 0.848 bits per heavy atom. The highest BCUT2D eigenvalue weighted by Gasteiger charge is 2.12. The first-order chi connectivity index (χ1) is 22.5. The van der Waals surface area contributed by atoms with E-state index in [0.29, 0.717) is 24.7 Å². The Kier molecular flexibility index (Phi) is 11.6. The van der Waals surface area contributed by atoms with Crippen LogP contribution in [0.15, 0.2) is 133 Å². The Hall–Kier alpha value is -4.88. The summed E-state index contributed by atoms with van der Waals surface area (Å²) < 4.78 is 12.0. The fourth-order valence-electron chi connectivity index (χ4n) is 5.00. The van der Waals surface area contributed by atoms with Crippen LogP contribution in [-0.2, 0) is 13.2 Å². The van der Waals surface area contributed by atoms with Crippen LogP contribution in [0, 0.1) is 0 Å². The average molecular weight is 630 g/mol. The van der Waals surface area contributed by atoms with Gasteiger partial charge in [0.2, 0.25) is 0 Å². The maximum atomic E-state index is 12.8. The van der Waals surface area contributed by atoms with Gasteiger partial charge in [-0.1, -0.05) is 73.3 Å². The van der Waals surface area contributed by atoms with E-state index in [1.54, 1.807) is 12.3 Å². The van der Waals surface area contributed by atoms with E-state index in [2.05, 4.69) is 46.1 Å². The van der Waals surface area contributed by atoms with Gasteiger partial charge in [-0.25, -0.2) is 9.97 Å². The molecule has 0 aliphatic heterocycles. The lowest BCUT2D eigenvalue weighted by Crippen LogP contribution is -2.15. The van der Waals surface area contributed by atoms with Crippen molar-refractivity contribution in [1.29, 1.82) is 0 Å². The van der Waals surface area contributed by atoms with Crippen molar-refractivity contribution >= 4 is 17.5 Å². The minimum atomic E-state index is -0.0354. The van der Waals surface area contributed by atoms with Crippen LogP contribution in [0.25, 0.3) is 11.3 Å². The second-order valence-electron chi connectivity index (χ2n) is 11.1. The number of aromatic nitrogens is 2. The molecule has 0 amide bonds. The highest BCUT2D eigenvalue weighted by Crippen LogP contribution is 2.26. The minimum absolute atomic E-state index is 0.0354. The molecule has 1 aromatic heterocycles. The topological polar surface area (TPSA) is 64.5 Å². The number of ketones is 1. The Morgan fingerprint density at radius 3 is 2.26 bits per heavy atom. The van der Waals surface area contributed by atoms with Crippen LogP contribution in [0.4, 0.5) is 0 Å². The molecular weight excluding hydrogens is 591 g/mol. The molecule has 0 radical (unpaired) electrons. The molecule has 5 aromatic rings. The molecule has 7 heteroatoms. The monoisotopic (exact) mass is 629 g/mol. The maximum Gasteiger partial charge on any atom is 0.187 e. The summed E-state index contributed by atoms with van der Waals surface area (Å²) in [5.74, 6) is 1.84. The highest BCUT2D eigenvalue weighted by molar-refractivity contribution is 7.98. The molecule has 0 spiro atoms. The van der Waals surface area contributed by atoms with E-state index in [1.807, 2.05) is 104 Å². The smallest absolute Gasteiger partial charge is 0.187 e. The summed E-state index contributed by atoms with van der Waals surface area (Å²) in [6, 6.07) is 35.7. The molecule has 1 atom stereocenters. The van der Waals surface area contributed by atoms with Gasteiger partial charge in [-0.2, -0.15) is 0 Å². The Balaban J connectivity index is 1.09. The number of nitrogens with zero attached hydrogens (tertiary/aromatic N) is 3. The molecule has 0 unspecified atom stereocenters. The van der Waals surface area contributed by atoms with E-state index in [4.69, 9.17) is 9.47 Å². The van der Waals surface area contributed by atoms with Crippen LogP contribution in [0.1, 0.15) is 46.3 Å². The molecule has 5 rings (SSSR count). The number of allylic oxidation sites excluding steroid dienone is 1. The summed E-state index contributed by atoms with van der Waals surface area (Å²) in [6.45, 7) is 4.04. The van der Waals surface area contributed by atoms with Crippen LogP contribution in [-0.4, -0.2) is 40.5 Å². The SMILES string of the molecule is CSc1nccc(-c2ccc(OCc3ccccc3[C@H](C)CCN(C)/C=C/C(=O)c3ccc(OCc4ccccc4)cc3)cc2)n1. The van der Waals surface area contributed by atoms with E-state index < -0.39 is 0 Å². The van der Waals surface area contributed by atoms with Gasteiger partial charge in [-0.05, 0) is 89.9 Å². The summed E-state index contributed by atoms with van der Waals surface area (Å²) >= 11 is 1.53. The molecule has 0 aliphatic rings. The third-order valence-corrected chi connectivity index (χ3v) is 8.29. The predicted molar refractivity (Wildman–Crippen MR) is 186 cm³/mol. The lowest BCUT2D eigenvalue weighted by atomic mass is 9.93. The molecule has 234 valence electrons. The summed E-state index contributed by atoms with van der Waals surface area (Å²) in [6.07, 6.45) is 8.18. The van der Waals surface area contributed by atoms with E-state index in [0.717, 1.165) is 46.4 Å². The van der Waals surface area contributed by atoms with Crippen LogP contribution < -0.4 is 9.47 Å². The lowest BCUT2D eigenvalue weighted by Gasteiger charge is -2.20. The average Bonchev–Trinajstić information content (AvgIpc) is 3.12. The van der Waals surface area contributed by atoms with Crippen molar-refractivity contribution < 1.29 is 14.3 Å². The van der Waals surface area contributed by atoms with Crippen LogP contribution in [0.5, 0.6) is 11.5 Å². The van der Waals surface area contributed by atoms with Gasteiger partial charge < -0.3 is 14.4 Å². The molecule has 46 heavy (non-hydrogen) atoms. The van der Waals surface area contributed by atoms with E-state index in [1.165, 1.54) is 22.9 Å².